The van der Waals surface area contributed by atoms with Crippen LogP contribution in [0.2, 0.25) is 0 Å². The van der Waals surface area contributed by atoms with Crippen LogP contribution in [0, 0.1) is 0 Å². The van der Waals surface area contributed by atoms with Crippen molar-refractivity contribution in [1.29, 1.82) is 0 Å². The molecular weight excluding hydrogens is 268 g/mol. The first-order chi connectivity index (χ1) is 10.2. The minimum atomic E-state index is -0.562. The lowest BCUT2D eigenvalue weighted by Crippen LogP contribution is -2.32. The Balaban J connectivity index is 1.90. The zero-order valence-electron chi connectivity index (χ0n) is 12.0. The van der Waals surface area contributed by atoms with E-state index >= 15 is 0 Å². The van der Waals surface area contributed by atoms with Crippen molar-refractivity contribution in [2.24, 2.45) is 0 Å². The lowest BCUT2D eigenvalue weighted by atomic mass is 10.1. The lowest BCUT2D eigenvalue weighted by molar-refractivity contribution is 0.0599. The molecule has 0 radical (unpaired) electrons. The van der Waals surface area contributed by atoms with E-state index in [-0.39, 0.29) is 12.6 Å². The predicted octanol–water partition coefficient (Wildman–Crippen LogP) is 2.36. The van der Waals surface area contributed by atoms with Gasteiger partial charge in [-0.05, 0) is 17.9 Å². The molecule has 0 fully saturated rings. The largest absolute Gasteiger partial charge is 0.391 e. The molecule has 0 aliphatic heterocycles. The summed E-state index contributed by atoms with van der Waals surface area (Å²) in [5.74, 6) is 0. The summed E-state index contributed by atoms with van der Waals surface area (Å²) in [6.07, 6.45) is -0.107. The first-order valence-electron chi connectivity index (χ1n) is 6.90. The SMILES string of the molecule is COCC(O)CCNC(=O)Nc1cccc2ccccc12. The second-order valence-electron chi connectivity index (χ2n) is 4.81. The van der Waals surface area contributed by atoms with E-state index < -0.39 is 6.10 Å². The van der Waals surface area contributed by atoms with Gasteiger partial charge in [0.25, 0.3) is 0 Å². The highest BCUT2D eigenvalue weighted by Gasteiger charge is 2.07. The quantitative estimate of drug-likeness (QED) is 0.764. The van der Waals surface area contributed by atoms with Crippen LogP contribution in [0.3, 0.4) is 0 Å². The number of hydrogen-bond acceptors (Lipinski definition) is 3. The van der Waals surface area contributed by atoms with Crippen molar-refractivity contribution >= 4 is 22.5 Å². The van der Waals surface area contributed by atoms with Crippen LogP contribution >= 0.6 is 0 Å². The third-order valence-corrected chi connectivity index (χ3v) is 3.16. The second kappa shape index (κ2) is 7.61. The van der Waals surface area contributed by atoms with E-state index in [4.69, 9.17) is 4.74 Å². The fourth-order valence-electron chi connectivity index (χ4n) is 2.13. The highest BCUT2D eigenvalue weighted by atomic mass is 16.5. The predicted molar refractivity (Wildman–Crippen MR) is 83.5 cm³/mol. The molecule has 0 aromatic heterocycles. The van der Waals surface area contributed by atoms with Crippen LogP contribution in [0.25, 0.3) is 10.8 Å². The van der Waals surface area contributed by atoms with E-state index in [0.717, 1.165) is 16.5 Å². The number of anilines is 1. The zero-order chi connectivity index (χ0) is 15.1. The number of hydrogen-bond donors (Lipinski definition) is 3. The summed E-state index contributed by atoms with van der Waals surface area (Å²) in [7, 11) is 1.53. The van der Waals surface area contributed by atoms with E-state index in [9.17, 15) is 9.90 Å². The fraction of sp³-hybridized carbons (Fsp3) is 0.312. The lowest BCUT2D eigenvalue weighted by Gasteiger charge is -2.12. The van der Waals surface area contributed by atoms with E-state index in [2.05, 4.69) is 10.6 Å². The van der Waals surface area contributed by atoms with E-state index in [1.807, 2.05) is 42.5 Å². The average Bonchev–Trinajstić information content (AvgIpc) is 2.48. The molecular formula is C16H20N2O3. The van der Waals surface area contributed by atoms with Crippen LogP contribution in [0.15, 0.2) is 42.5 Å². The molecule has 2 aromatic rings. The summed E-state index contributed by atoms with van der Waals surface area (Å²) in [5.41, 5.74) is 0.767. The number of amides is 2. The first-order valence-corrected chi connectivity index (χ1v) is 6.90. The Hall–Kier alpha value is -2.11. The van der Waals surface area contributed by atoms with Crippen LogP contribution < -0.4 is 10.6 Å². The van der Waals surface area contributed by atoms with E-state index in [0.29, 0.717) is 13.0 Å². The minimum absolute atomic E-state index is 0.270. The molecule has 21 heavy (non-hydrogen) atoms. The van der Waals surface area contributed by atoms with Gasteiger partial charge in [-0.15, -0.1) is 0 Å². The van der Waals surface area contributed by atoms with Crippen LogP contribution in [0.4, 0.5) is 10.5 Å². The Morgan fingerprint density at radius 2 is 2.00 bits per heavy atom. The van der Waals surface area contributed by atoms with Gasteiger partial charge in [0.2, 0.25) is 0 Å². The van der Waals surface area contributed by atoms with E-state index in [1.54, 1.807) is 0 Å². The maximum Gasteiger partial charge on any atom is 0.319 e. The van der Waals surface area contributed by atoms with Gasteiger partial charge in [-0.25, -0.2) is 4.79 Å². The van der Waals surface area contributed by atoms with Crippen LogP contribution in [0.5, 0.6) is 0 Å². The Kier molecular flexibility index (Phi) is 5.54. The maximum absolute atomic E-state index is 11.9. The number of nitrogens with one attached hydrogen (secondary N) is 2. The summed E-state index contributed by atoms with van der Waals surface area (Å²) in [6, 6.07) is 13.3. The molecule has 0 saturated carbocycles. The number of fused-ring (bicyclic) bond motifs is 1. The molecule has 5 nitrogen and oxygen atoms in total. The van der Waals surface area contributed by atoms with Crippen LogP contribution in [0.1, 0.15) is 6.42 Å². The molecule has 2 aromatic carbocycles. The molecule has 0 bridgehead atoms. The van der Waals surface area contributed by atoms with Crippen molar-refractivity contribution < 1.29 is 14.6 Å². The number of carbonyl (C=O) groups excluding carboxylic acids is 1. The molecule has 0 heterocycles. The highest BCUT2D eigenvalue weighted by Crippen LogP contribution is 2.22. The maximum atomic E-state index is 11.9. The topological polar surface area (TPSA) is 70.6 Å². The summed E-state index contributed by atoms with van der Waals surface area (Å²) >= 11 is 0. The molecule has 2 rings (SSSR count). The Bertz CT molecular complexity index is 596. The molecule has 1 unspecified atom stereocenters. The summed E-state index contributed by atoms with van der Waals surface area (Å²) in [6.45, 7) is 0.660. The number of ether oxygens (including phenoxy) is 1. The van der Waals surface area contributed by atoms with Crippen molar-refractivity contribution in [3.8, 4) is 0 Å². The molecule has 1 atom stereocenters. The fourth-order valence-corrected chi connectivity index (χ4v) is 2.13. The average molecular weight is 288 g/mol. The molecule has 3 N–H and O–H groups in total. The molecule has 112 valence electrons. The number of aliphatic hydroxyl groups is 1. The molecule has 0 spiro atoms. The van der Waals surface area contributed by atoms with Crippen molar-refractivity contribution in [2.45, 2.75) is 12.5 Å². The van der Waals surface area contributed by atoms with Gasteiger partial charge in [-0.3, -0.25) is 0 Å². The van der Waals surface area contributed by atoms with Crippen LogP contribution in [-0.4, -0.2) is 37.5 Å². The van der Waals surface area contributed by atoms with E-state index in [1.165, 1.54) is 7.11 Å². The van der Waals surface area contributed by atoms with Crippen molar-refractivity contribution in [3.05, 3.63) is 42.5 Å². The second-order valence-corrected chi connectivity index (χ2v) is 4.81. The van der Waals surface area contributed by atoms with Crippen molar-refractivity contribution in [2.75, 3.05) is 25.6 Å². The molecule has 0 aliphatic rings. The van der Waals surface area contributed by atoms with Crippen molar-refractivity contribution in [3.63, 3.8) is 0 Å². The van der Waals surface area contributed by atoms with Crippen LogP contribution in [-0.2, 0) is 4.74 Å². The van der Waals surface area contributed by atoms with Gasteiger partial charge >= 0.3 is 6.03 Å². The molecule has 2 amide bonds. The number of carbonyl (C=O) groups is 1. The third-order valence-electron chi connectivity index (χ3n) is 3.16. The van der Waals surface area contributed by atoms with Gasteiger partial charge in [0.1, 0.15) is 0 Å². The minimum Gasteiger partial charge on any atom is -0.391 e. The standard InChI is InChI=1S/C16H20N2O3/c1-21-11-13(19)9-10-17-16(20)18-15-8-4-6-12-5-2-3-7-14(12)15/h2-8,13,19H,9-11H2,1H3,(H2,17,18,20). The van der Waals surface area contributed by atoms with Gasteiger partial charge in [-0.2, -0.15) is 0 Å². The van der Waals surface area contributed by atoms with Gasteiger partial charge in [0.05, 0.1) is 18.4 Å². The van der Waals surface area contributed by atoms with Gasteiger partial charge in [0, 0.05) is 19.0 Å². The highest BCUT2D eigenvalue weighted by molar-refractivity contribution is 6.01. The number of aliphatic hydroxyl groups excluding tert-OH is 1. The number of urea groups is 1. The smallest absolute Gasteiger partial charge is 0.319 e. The summed E-state index contributed by atoms with van der Waals surface area (Å²) in [4.78, 5) is 11.9. The molecule has 0 aliphatic carbocycles. The van der Waals surface area contributed by atoms with Crippen molar-refractivity contribution in [1.82, 2.24) is 5.32 Å². The monoisotopic (exact) mass is 288 g/mol. The first kappa shape index (κ1) is 15.3. The summed E-state index contributed by atoms with van der Waals surface area (Å²) < 4.78 is 4.83. The van der Waals surface area contributed by atoms with Gasteiger partial charge in [0.15, 0.2) is 0 Å². The number of methoxy groups -OCH3 is 1. The number of benzene rings is 2. The number of rotatable bonds is 6. The summed E-state index contributed by atoms with van der Waals surface area (Å²) in [5, 5.41) is 17.1. The Morgan fingerprint density at radius 1 is 1.24 bits per heavy atom. The van der Waals surface area contributed by atoms with Gasteiger partial charge in [-0.1, -0.05) is 36.4 Å². The molecule has 0 saturated heterocycles. The third kappa shape index (κ3) is 4.44. The molecule has 5 heteroatoms. The van der Waals surface area contributed by atoms with Gasteiger partial charge < -0.3 is 20.5 Å². The zero-order valence-corrected chi connectivity index (χ0v) is 12.0. The Morgan fingerprint density at radius 3 is 2.81 bits per heavy atom. The Labute approximate surface area is 123 Å². The normalized spacial score (nSPS) is 12.1.